The number of nitrogens with zero attached hydrogens (tertiary/aromatic N) is 2. The maximum Gasteiger partial charge on any atom is 0.264 e. The minimum atomic E-state index is 0.243. The van der Waals surface area contributed by atoms with Crippen LogP contribution >= 0.6 is 11.3 Å². The molecule has 0 aliphatic carbocycles. The molecule has 0 bridgehead atoms. The van der Waals surface area contributed by atoms with Gasteiger partial charge >= 0.3 is 0 Å². The summed E-state index contributed by atoms with van der Waals surface area (Å²) in [6, 6.07) is 4.93. The van der Waals surface area contributed by atoms with Crippen molar-refractivity contribution < 1.29 is 4.79 Å². The van der Waals surface area contributed by atoms with Crippen LogP contribution in [0.2, 0.25) is 0 Å². The third-order valence-electron chi connectivity index (χ3n) is 4.31. The second-order valence-electron chi connectivity index (χ2n) is 5.38. The van der Waals surface area contributed by atoms with E-state index in [9.17, 15) is 4.79 Å². The van der Waals surface area contributed by atoms with Crippen LogP contribution in [-0.2, 0) is 0 Å². The molecular formula is C14H20N2OS. The second-order valence-corrected chi connectivity index (χ2v) is 6.32. The van der Waals surface area contributed by atoms with E-state index in [-0.39, 0.29) is 5.91 Å². The molecule has 4 heteroatoms. The van der Waals surface area contributed by atoms with Crippen molar-refractivity contribution >= 4 is 17.2 Å². The Labute approximate surface area is 112 Å². The Kier molecular flexibility index (Phi) is 3.39. The highest BCUT2D eigenvalue weighted by atomic mass is 32.1. The van der Waals surface area contributed by atoms with Crippen LogP contribution in [0, 0.1) is 0 Å². The van der Waals surface area contributed by atoms with Gasteiger partial charge in [-0.25, -0.2) is 0 Å². The molecule has 0 radical (unpaired) electrons. The maximum absolute atomic E-state index is 12.5. The first kappa shape index (κ1) is 12.2. The van der Waals surface area contributed by atoms with Crippen molar-refractivity contribution in [3.63, 3.8) is 0 Å². The fourth-order valence-electron chi connectivity index (χ4n) is 3.41. The van der Waals surface area contributed by atoms with Crippen molar-refractivity contribution in [2.24, 2.45) is 0 Å². The van der Waals surface area contributed by atoms with Crippen LogP contribution in [-0.4, -0.2) is 47.9 Å². The van der Waals surface area contributed by atoms with Gasteiger partial charge in [-0.2, -0.15) is 0 Å². The number of carbonyl (C=O) groups excluding carboxylic acids is 1. The van der Waals surface area contributed by atoms with Crippen LogP contribution in [0.1, 0.15) is 35.4 Å². The first-order chi connectivity index (χ1) is 8.77. The Morgan fingerprint density at radius 2 is 2.06 bits per heavy atom. The molecule has 3 nitrogen and oxygen atoms in total. The van der Waals surface area contributed by atoms with Gasteiger partial charge in [-0.15, -0.1) is 11.3 Å². The van der Waals surface area contributed by atoms with Gasteiger partial charge in [0.25, 0.3) is 5.91 Å². The minimum Gasteiger partial charge on any atom is -0.333 e. The number of carbonyl (C=O) groups is 1. The normalized spacial score (nSPS) is 29.1. The fraction of sp³-hybridized carbons (Fsp3) is 0.643. The van der Waals surface area contributed by atoms with Crippen molar-refractivity contribution in [2.75, 3.05) is 20.1 Å². The van der Waals surface area contributed by atoms with Crippen molar-refractivity contribution in [2.45, 2.75) is 37.8 Å². The maximum atomic E-state index is 12.5. The summed E-state index contributed by atoms with van der Waals surface area (Å²) >= 11 is 1.56. The van der Waals surface area contributed by atoms with E-state index < -0.39 is 0 Å². The van der Waals surface area contributed by atoms with Gasteiger partial charge in [-0.1, -0.05) is 6.07 Å². The molecule has 1 amide bonds. The zero-order valence-corrected chi connectivity index (χ0v) is 11.7. The fourth-order valence-corrected chi connectivity index (χ4v) is 4.09. The lowest BCUT2D eigenvalue weighted by atomic mass is 10.0. The molecule has 2 aliphatic heterocycles. The Morgan fingerprint density at radius 3 is 2.72 bits per heavy atom. The summed E-state index contributed by atoms with van der Waals surface area (Å²) in [5, 5.41) is 1.99. The predicted octanol–water partition coefficient (Wildman–Crippen LogP) is 2.45. The van der Waals surface area contributed by atoms with E-state index in [1.165, 1.54) is 25.8 Å². The van der Waals surface area contributed by atoms with Crippen LogP contribution in [0.3, 0.4) is 0 Å². The zero-order chi connectivity index (χ0) is 12.5. The van der Waals surface area contributed by atoms with Gasteiger partial charge < -0.3 is 9.80 Å². The molecule has 0 N–H and O–H groups in total. The van der Waals surface area contributed by atoms with Crippen LogP contribution in [0.25, 0.3) is 0 Å². The molecule has 1 aromatic heterocycles. The predicted molar refractivity (Wildman–Crippen MR) is 74.0 cm³/mol. The first-order valence-electron chi connectivity index (χ1n) is 6.82. The van der Waals surface area contributed by atoms with Crippen molar-refractivity contribution in [1.82, 2.24) is 9.80 Å². The SMILES string of the molecule is CN1CCC[C@@H]1[C@@H]1CCCN1C(=O)c1cccs1. The number of likely N-dealkylation sites (N-methyl/N-ethyl adjacent to an activating group) is 1. The molecule has 0 spiro atoms. The summed E-state index contributed by atoms with van der Waals surface area (Å²) in [5.41, 5.74) is 0. The van der Waals surface area contributed by atoms with Crippen molar-refractivity contribution in [1.29, 1.82) is 0 Å². The van der Waals surface area contributed by atoms with Gasteiger partial charge in [0, 0.05) is 18.6 Å². The number of likely N-dealkylation sites (tertiary alicyclic amines) is 2. The third-order valence-corrected chi connectivity index (χ3v) is 5.17. The van der Waals surface area contributed by atoms with Gasteiger partial charge in [-0.05, 0) is 50.7 Å². The molecule has 0 aromatic carbocycles. The smallest absolute Gasteiger partial charge is 0.264 e. The lowest BCUT2D eigenvalue weighted by Crippen LogP contribution is -2.46. The van der Waals surface area contributed by atoms with E-state index in [0.29, 0.717) is 12.1 Å². The molecule has 98 valence electrons. The Bertz CT molecular complexity index is 417. The van der Waals surface area contributed by atoms with Gasteiger partial charge in [-0.3, -0.25) is 4.79 Å². The third kappa shape index (κ3) is 2.08. The van der Waals surface area contributed by atoms with Crippen LogP contribution in [0.15, 0.2) is 17.5 Å². The molecule has 2 saturated heterocycles. The Balaban J connectivity index is 1.77. The lowest BCUT2D eigenvalue weighted by Gasteiger charge is -2.33. The average molecular weight is 264 g/mol. The Hall–Kier alpha value is -0.870. The topological polar surface area (TPSA) is 23.6 Å². The van der Waals surface area contributed by atoms with Gasteiger partial charge in [0.15, 0.2) is 0 Å². The average Bonchev–Trinajstić information content (AvgIpc) is 3.09. The molecule has 3 rings (SSSR count). The van der Waals surface area contributed by atoms with Crippen molar-refractivity contribution in [3.8, 4) is 0 Å². The first-order valence-corrected chi connectivity index (χ1v) is 7.70. The monoisotopic (exact) mass is 264 g/mol. The number of amides is 1. The van der Waals surface area contributed by atoms with Gasteiger partial charge in [0.1, 0.15) is 0 Å². The highest BCUT2D eigenvalue weighted by Gasteiger charge is 2.38. The summed E-state index contributed by atoms with van der Waals surface area (Å²) in [4.78, 5) is 17.9. The standard InChI is InChI=1S/C14H20N2OS/c1-15-8-2-5-11(15)12-6-3-9-16(12)14(17)13-7-4-10-18-13/h4,7,10-12H,2-3,5-6,8-9H2,1H3/t11-,12+/m1/s1. The summed E-state index contributed by atoms with van der Waals surface area (Å²) in [5.74, 6) is 0.243. The number of thiophene rings is 1. The molecule has 2 aliphatic rings. The largest absolute Gasteiger partial charge is 0.333 e. The summed E-state index contributed by atoms with van der Waals surface area (Å²) in [6.07, 6.45) is 4.85. The van der Waals surface area contributed by atoms with Crippen molar-refractivity contribution in [3.05, 3.63) is 22.4 Å². The molecule has 2 atom stereocenters. The summed E-state index contributed by atoms with van der Waals surface area (Å²) < 4.78 is 0. The molecule has 2 fully saturated rings. The number of hydrogen-bond acceptors (Lipinski definition) is 3. The van der Waals surface area contributed by atoms with E-state index in [2.05, 4.69) is 16.8 Å². The second kappa shape index (κ2) is 5.02. The zero-order valence-electron chi connectivity index (χ0n) is 10.8. The lowest BCUT2D eigenvalue weighted by molar-refractivity contribution is 0.0669. The van der Waals surface area contributed by atoms with Crippen LogP contribution < -0.4 is 0 Å². The van der Waals surface area contributed by atoms with Crippen LogP contribution in [0.5, 0.6) is 0 Å². The Morgan fingerprint density at radius 1 is 1.28 bits per heavy atom. The van der Waals surface area contributed by atoms with Crippen LogP contribution in [0.4, 0.5) is 0 Å². The summed E-state index contributed by atoms with van der Waals surface area (Å²) in [7, 11) is 2.20. The molecule has 0 saturated carbocycles. The van der Waals surface area contributed by atoms with E-state index >= 15 is 0 Å². The highest BCUT2D eigenvalue weighted by molar-refractivity contribution is 7.12. The van der Waals surface area contributed by atoms with E-state index in [1.54, 1.807) is 11.3 Å². The number of rotatable bonds is 2. The number of hydrogen-bond donors (Lipinski definition) is 0. The highest BCUT2D eigenvalue weighted by Crippen LogP contribution is 2.30. The quantitative estimate of drug-likeness (QED) is 0.819. The molecular weight excluding hydrogens is 244 g/mol. The van der Waals surface area contributed by atoms with E-state index in [4.69, 9.17) is 0 Å². The molecule has 18 heavy (non-hydrogen) atoms. The van der Waals surface area contributed by atoms with E-state index in [0.717, 1.165) is 17.8 Å². The molecule has 3 heterocycles. The van der Waals surface area contributed by atoms with Gasteiger partial charge in [0.05, 0.1) is 4.88 Å². The summed E-state index contributed by atoms with van der Waals surface area (Å²) in [6.45, 7) is 2.12. The molecule has 1 aromatic rings. The minimum absolute atomic E-state index is 0.243. The van der Waals surface area contributed by atoms with Gasteiger partial charge in [0.2, 0.25) is 0 Å². The molecule has 0 unspecified atom stereocenters. The van der Waals surface area contributed by atoms with E-state index in [1.807, 2.05) is 17.5 Å².